The average Bonchev–Trinajstić information content (AvgIpc) is 2.44. The van der Waals surface area contributed by atoms with E-state index in [1.54, 1.807) is 7.11 Å². The van der Waals surface area contributed by atoms with Crippen LogP contribution in [0.4, 0.5) is 0 Å². The molecule has 4 heteroatoms. The second-order valence-corrected chi connectivity index (χ2v) is 5.29. The molecule has 1 aliphatic rings. The van der Waals surface area contributed by atoms with Gasteiger partial charge >= 0.3 is 0 Å². The van der Waals surface area contributed by atoms with E-state index in [0.29, 0.717) is 18.4 Å². The fourth-order valence-corrected chi connectivity index (χ4v) is 2.66. The molecular formula is C15H17ClO3. The van der Waals surface area contributed by atoms with Crippen LogP contribution >= 0.6 is 11.6 Å². The number of halogens is 1. The Morgan fingerprint density at radius 3 is 2.68 bits per heavy atom. The highest BCUT2D eigenvalue weighted by molar-refractivity contribution is 6.34. The summed E-state index contributed by atoms with van der Waals surface area (Å²) in [5, 5.41) is 8.72. The third-order valence-electron chi connectivity index (χ3n) is 3.36. The second-order valence-electron chi connectivity index (χ2n) is 4.76. The maximum Gasteiger partial charge on any atom is 0.176 e. The Morgan fingerprint density at radius 1 is 1.42 bits per heavy atom. The Labute approximate surface area is 117 Å². The zero-order valence-corrected chi connectivity index (χ0v) is 11.6. The summed E-state index contributed by atoms with van der Waals surface area (Å²) in [4.78, 5) is 12.0. The molecule has 2 atom stereocenters. The molecule has 0 bridgehead atoms. The summed E-state index contributed by atoms with van der Waals surface area (Å²) >= 11 is 6.03. The van der Waals surface area contributed by atoms with Crippen molar-refractivity contribution in [3.63, 3.8) is 0 Å². The van der Waals surface area contributed by atoms with Gasteiger partial charge in [-0.15, -0.1) is 11.6 Å². The quantitative estimate of drug-likeness (QED) is 0.684. The lowest BCUT2D eigenvalue weighted by molar-refractivity contribution is -0.116. The first-order chi connectivity index (χ1) is 9.13. The molecule has 102 valence electrons. The second kappa shape index (κ2) is 6.22. The molecule has 0 aliphatic heterocycles. The smallest absolute Gasteiger partial charge is 0.176 e. The Morgan fingerprint density at radius 2 is 2.11 bits per heavy atom. The predicted octanol–water partition coefficient (Wildman–Crippen LogP) is 2.66. The van der Waals surface area contributed by atoms with Gasteiger partial charge in [0.05, 0.1) is 12.5 Å². The number of methoxy groups -OCH3 is 1. The number of hydrogen-bond acceptors (Lipinski definition) is 3. The lowest BCUT2D eigenvalue weighted by Gasteiger charge is -2.25. The Bertz CT molecular complexity index is 479. The molecule has 0 spiro atoms. The van der Waals surface area contributed by atoms with Crippen molar-refractivity contribution in [2.24, 2.45) is 5.92 Å². The maximum absolute atomic E-state index is 12.0. The van der Waals surface area contributed by atoms with Crippen molar-refractivity contribution in [1.29, 1.82) is 0 Å². The number of alkyl halides is 1. The van der Waals surface area contributed by atoms with Gasteiger partial charge in [0.1, 0.15) is 5.75 Å². The number of ether oxygens (including phenoxy) is 1. The van der Waals surface area contributed by atoms with Crippen LogP contribution in [0.1, 0.15) is 18.4 Å². The van der Waals surface area contributed by atoms with Gasteiger partial charge in [-0.2, -0.15) is 0 Å². The lowest BCUT2D eigenvalue weighted by Crippen LogP contribution is -2.29. The molecule has 1 saturated carbocycles. The Hall–Kier alpha value is -1.32. The van der Waals surface area contributed by atoms with E-state index in [9.17, 15) is 9.90 Å². The molecule has 1 aromatic rings. The molecule has 2 unspecified atom stereocenters. The van der Waals surface area contributed by atoms with Crippen molar-refractivity contribution >= 4 is 23.5 Å². The van der Waals surface area contributed by atoms with Crippen molar-refractivity contribution in [2.45, 2.75) is 18.2 Å². The number of benzene rings is 1. The van der Waals surface area contributed by atoms with Gasteiger partial charge in [0.15, 0.2) is 5.78 Å². The van der Waals surface area contributed by atoms with Gasteiger partial charge in [-0.05, 0) is 48.1 Å². The summed E-state index contributed by atoms with van der Waals surface area (Å²) < 4.78 is 5.09. The third-order valence-corrected chi connectivity index (χ3v) is 3.74. The van der Waals surface area contributed by atoms with E-state index in [1.807, 2.05) is 30.3 Å². The van der Waals surface area contributed by atoms with Crippen molar-refractivity contribution in [3.8, 4) is 5.75 Å². The topological polar surface area (TPSA) is 46.5 Å². The molecule has 0 amide bonds. The Kier molecular flexibility index (Phi) is 4.61. The highest BCUT2D eigenvalue weighted by Gasteiger charge is 2.30. The normalized spacial score (nSPS) is 25.6. The van der Waals surface area contributed by atoms with Gasteiger partial charge < -0.3 is 9.84 Å². The number of aliphatic hydroxyl groups excluding tert-OH is 1. The number of rotatable bonds is 3. The van der Waals surface area contributed by atoms with Gasteiger partial charge in [0.2, 0.25) is 0 Å². The SMILES string of the molecule is COc1ccc(C=C2CC(CO)CC(Cl)C2=O)cc1. The number of carbonyl (C=O) groups excluding carboxylic acids is 1. The van der Waals surface area contributed by atoms with Crippen molar-refractivity contribution in [2.75, 3.05) is 13.7 Å². The minimum Gasteiger partial charge on any atom is -0.497 e. The Balaban J connectivity index is 2.21. The van der Waals surface area contributed by atoms with Crippen LogP contribution in [0, 0.1) is 5.92 Å². The summed E-state index contributed by atoms with van der Waals surface area (Å²) in [7, 11) is 1.61. The number of carbonyl (C=O) groups is 1. The van der Waals surface area contributed by atoms with E-state index in [1.165, 1.54) is 0 Å². The minimum absolute atomic E-state index is 0.0258. The van der Waals surface area contributed by atoms with Crippen LogP contribution in [0.5, 0.6) is 5.75 Å². The summed E-state index contributed by atoms with van der Waals surface area (Å²) in [6.45, 7) is 0.0659. The maximum atomic E-state index is 12.0. The average molecular weight is 281 g/mol. The fourth-order valence-electron chi connectivity index (χ4n) is 2.27. The van der Waals surface area contributed by atoms with Crippen LogP contribution in [0.3, 0.4) is 0 Å². The summed E-state index contributed by atoms with van der Waals surface area (Å²) in [5.74, 6) is 0.826. The van der Waals surface area contributed by atoms with E-state index in [0.717, 1.165) is 11.3 Å². The van der Waals surface area contributed by atoms with Crippen molar-refractivity contribution in [3.05, 3.63) is 35.4 Å². The largest absolute Gasteiger partial charge is 0.497 e. The van der Waals surface area contributed by atoms with E-state index >= 15 is 0 Å². The van der Waals surface area contributed by atoms with E-state index in [2.05, 4.69) is 0 Å². The van der Waals surface area contributed by atoms with E-state index in [4.69, 9.17) is 16.3 Å². The van der Waals surface area contributed by atoms with Gasteiger partial charge in [0, 0.05) is 6.61 Å². The molecular weight excluding hydrogens is 264 g/mol. The zero-order valence-electron chi connectivity index (χ0n) is 10.8. The molecule has 2 rings (SSSR count). The van der Waals surface area contributed by atoms with Crippen LogP contribution in [0.25, 0.3) is 6.08 Å². The summed E-state index contributed by atoms with van der Waals surface area (Å²) in [5.41, 5.74) is 1.63. The standard InChI is InChI=1S/C15H17ClO3/c1-19-13-4-2-10(3-5-13)6-12-7-11(9-17)8-14(16)15(12)18/h2-6,11,14,17H,7-9H2,1H3. The number of ketones is 1. The molecule has 1 aromatic carbocycles. The highest BCUT2D eigenvalue weighted by Crippen LogP contribution is 2.30. The van der Waals surface area contributed by atoms with Crippen molar-refractivity contribution < 1.29 is 14.6 Å². The number of allylic oxidation sites excluding steroid dienone is 1. The highest BCUT2D eigenvalue weighted by atomic mass is 35.5. The molecule has 1 N–H and O–H groups in total. The van der Waals surface area contributed by atoms with Crippen LogP contribution in [-0.4, -0.2) is 30.0 Å². The molecule has 0 aromatic heterocycles. The van der Waals surface area contributed by atoms with Gasteiger partial charge in [-0.25, -0.2) is 0 Å². The van der Waals surface area contributed by atoms with Crippen molar-refractivity contribution in [1.82, 2.24) is 0 Å². The predicted molar refractivity (Wildman–Crippen MR) is 75.4 cm³/mol. The van der Waals surface area contributed by atoms with Crippen LogP contribution in [0.2, 0.25) is 0 Å². The van der Waals surface area contributed by atoms with Gasteiger partial charge in [0.25, 0.3) is 0 Å². The molecule has 0 radical (unpaired) electrons. The number of Topliss-reactive ketones (excluding diaryl/α,β-unsaturated/α-hetero) is 1. The molecule has 0 heterocycles. The zero-order chi connectivity index (χ0) is 13.8. The van der Waals surface area contributed by atoms with E-state index < -0.39 is 5.38 Å². The number of hydrogen-bond donors (Lipinski definition) is 1. The molecule has 0 saturated heterocycles. The van der Waals surface area contributed by atoms with Crippen LogP contribution in [-0.2, 0) is 4.79 Å². The van der Waals surface area contributed by atoms with Crippen LogP contribution < -0.4 is 4.74 Å². The third kappa shape index (κ3) is 3.37. The molecule has 1 aliphatic carbocycles. The van der Waals surface area contributed by atoms with E-state index in [-0.39, 0.29) is 18.3 Å². The lowest BCUT2D eigenvalue weighted by atomic mass is 9.84. The fraction of sp³-hybridized carbons (Fsp3) is 0.400. The van der Waals surface area contributed by atoms with Gasteiger partial charge in [-0.3, -0.25) is 4.79 Å². The van der Waals surface area contributed by atoms with Gasteiger partial charge in [-0.1, -0.05) is 12.1 Å². The van der Waals surface area contributed by atoms with Crippen LogP contribution in [0.15, 0.2) is 29.8 Å². The first-order valence-corrected chi connectivity index (χ1v) is 6.71. The molecule has 19 heavy (non-hydrogen) atoms. The summed E-state index contributed by atoms with van der Waals surface area (Å²) in [6, 6.07) is 7.48. The number of aliphatic hydroxyl groups is 1. The molecule has 3 nitrogen and oxygen atoms in total. The summed E-state index contributed by atoms with van der Waals surface area (Å²) in [6.07, 6.45) is 2.99. The molecule has 1 fully saturated rings. The monoisotopic (exact) mass is 280 g/mol. The minimum atomic E-state index is -0.518. The first-order valence-electron chi connectivity index (χ1n) is 6.27. The first kappa shape index (κ1) is 14.1.